The maximum absolute atomic E-state index is 11.6. The van der Waals surface area contributed by atoms with Crippen LogP contribution in [0.2, 0.25) is 0 Å². The lowest BCUT2D eigenvalue weighted by atomic mass is 10.1. The Kier molecular flexibility index (Phi) is 5.71. The molecule has 6 heteroatoms. The first-order chi connectivity index (χ1) is 9.42. The maximum Gasteiger partial charge on any atom is 0.315 e. The highest BCUT2D eigenvalue weighted by atomic mass is 16.5. The van der Waals surface area contributed by atoms with Crippen molar-refractivity contribution in [2.75, 3.05) is 17.2 Å². The molecule has 0 radical (unpaired) electrons. The zero-order valence-corrected chi connectivity index (χ0v) is 11.8. The summed E-state index contributed by atoms with van der Waals surface area (Å²) in [5.74, 6) is -1.22. The van der Waals surface area contributed by atoms with Crippen molar-refractivity contribution in [3.05, 3.63) is 23.8 Å². The second kappa shape index (κ2) is 7.28. The molecule has 0 aliphatic heterocycles. The van der Waals surface area contributed by atoms with Crippen molar-refractivity contribution in [1.29, 1.82) is 0 Å². The van der Waals surface area contributed by atoms with E-state index in [4.69, 9.17) is 0 Å². The van der Waals surface area contributed by atoms with Crippen LogP contribution in [0.4, 0.5) is 11.4 Å². The minimum Gasteiger partial charge on any atom is -0.466 e. The summed E-state index contributed by atoms with van der Waals surface area (Å²) >= 11 is 0. The molecule has 0 aliphatic rings. The maximum atomic E-state index is 11.6. The third-order valence-corrected chi connectivity index (χ3v) is 2.44. The lowest BCUT2D eigenvalue weighted by Gasteiger charge is -2.10. The van der Waals surface area contributed by atoms with Gasteiger partial charge in [-0.3, -0.25) is 14.4 Å². The number of amides is 2. The summed E-state index contributed by atoms with van der Waals surface area (Å²) in [5.41, 5.74) is 2.00. The van der Waals surface area contributed by atoms with E-state index in [0.29, 0.717) is 11.4 Å². The zero-order chi connectivity index (χ0) is 15.1. The minimum atomic E-state index is -0.570. The second-order valence-electron chi connectivity index (χ2n) is 4.24. The Labute approximate surface area is 117 Å². The molecule has 0 fully saturated rings. The van der Waals surface area contributed by atoms with Gasteiger partial charge in [-0.1, -0.05) is 6.07 Å². The SMILES string of the molecule is CCOC(=O)CC(=O)Nc1ccc(C)c(NC(C)=O)c1. The number of aryl methyl sites for hydroxylation is 1. The Bertz CT molecular complexity index is 526. The van der Waals surface area contributed by atoms with E-state index >= 15 is 0 Å². The predicted octanol–water partition coefficient (Wildman–Crippen LogP) is 1.85. The van der Waals surface area contributed by atoms with Gasteiger partial charge in [-0.05, 0) is 31.5 Å². The van der Waals surface area contributed by atoms with Crippen molar-refractivity contribution in [3.63, 3.8) is 0 Å². The number of nitrogens with one attached hydrogen (secondary N) is 2. The number of hydrogen-bond donors (Lipinski definition) is 2. The van der Waals surface area contributed by atoms with Crippen LogP contribution in [0.3, 0.4) is 0 Å². The van der Waals surface area contributed by atoms with Crippen LogP contribution in [0.1, 0.15) is 25.8 Å². The van der Waals surface area contributed by atoms with E-state index in [9.17, 15) is 14.4 Å². The number of carbonyl (C=O) groups is 3. The molecule has 0 heterocycles. The van der Waals surface area contributed by atoms with Crippen LogP contribution >= 0.6 is 0 Å². The first-order valence-corrected chi connectivity index (χ1v) is 6.26. The fourth-order valence-corrected chi connectivity index (χ4v) is 1.57. The third kappa shape index (κ3) is 5.09. The van der Waals surface area contributed by atoms with E-state index in [-0.39, 0.29) is 18.9 Å². The van der Waals surface area contributed by atoms with E-state index in [0.717, 1.165) is 5.56 Å². The standard InChI is InChI=1S/C14H18N2O4/c1-4-20-14(19)8-13(18)16-11-6-5-9(2)12(7-11)15-10(3)17/h5-7H,4,8H2,1-3H3,(H,15,17)(H,16,18). The van der Waals surface area contributed by atoms with Crippen molar-refractivity contribution in [2.24, 2.45) is 0 Å². The normalized spacial score (nSPS) is 9.75. The smallest absolute Gasteiger partial charge is 0.315 e. The molecule has 0 aromatic heterocycles. The van der Waals surface area contributed by atoms with Gasteiger partial charge in [-0.25, -0.2) is 0 Å². The highest BCUT2D eigenvalue weighted by Crippen LogP contribution is 2.20. The Morgan fingerprint density at radius 2 is 1.90 bits per heavy atom. The molecule has 0 saturated carbocycles. The molecule has 2 N–H and O–H groups in total. The molecular weight excluding hydrogens is 260 g/mol. The molecule has 0 atom stereocenters. The predicted molar refractivity (Wildman–Crippen MR) is 75.4 cm³/mol. The molecule has 1 aromatic carbocycles. The largest absolute Gasteiger partial charge is 0.466 e. The van der Waals surface area contributed by atoms with Gasteiger partial charge < -0.3 is 15.4 Å². The molecule has 0 spiro atoms. The van der Waals surface area contributed by atoms with Crippen LogP contribution in [-0.2, 0) is 19.1 Å². The molecule has 0 saturated heterocycles. The van der Waals surface area contributed by atoms with Gasteiger partial charge in [0, 0.05) is 18.3 Å². The summed E-state index contributed by atoms with van der Waals surface area (Å²) in [4.78, 5) is 33.8. The molecule has 0 unspecified atom stereocenters. The molecular formula is C14H18N2O4. The Hall–Kier alpha value is -2.37. The van der Waals surface area contributed by atoms with Crippen molar-refractivity contribution in [3.8, 4) is 0 Å². The fourth-order valence-electron chi connectivity index (χ4n) is 1.57. The van der Waals surface area contributed by atoms with E-state index in [1.807, 2.05) is 6.92 Å². The number of rotatable bonds is 5. The number of anilines is 2. The fraction of sp³-hybridized carbons (Fsp3) is 0.357. The van der Waals surface area contributed by atoms with Crippen LogP contribution in [0.15, 0.2) is 18.2 Å². The Morgan fingerprint density at radius 1 is 1.20 bits per heavy atom. The number of carbonyl (C=O) groups excluding carboxylic acids is 3. The van der Waals surface area contributed by atoms with Gasteiger partial charge >= 0.3 is 5.97 Å². The second-order valence-corrected chi connectivity index (χ2v) is 4.24. The topological polar surface area (TPSA) is 84.5 Å². The number of benzene rings is 1. The van der Waals surface area contributed by atoms with Crippen molar-refractivity contribution < 1.29 is 19.1 Å². The molecule has 0 bridgehead atoms. The lowest BCUT2D eigenvalue weighted by Crippen LogP contribution is -2.18. The molecule has 20 heavy (non-hydrogen) atoms. The minimum absolute atomic E-state index is 0.192. The molecule has 1 aromatic rings. The van der Waals surface area contributed by atoms with E-state index in [2.05, 4.69) is 15.4 Å². The van der Waals surface area contributed by atoms with Crippen LogP contribution in [0.5, 0.6) is 0 Å². The summed E-state index contributed by atoms with van der Waals surface area (Å²) in [6.07, 6.45) is -0.336. The van der Waals surface area contributed by atoms with Crippen molar-refractivity contribution in [1.82, 2.24) is 0 Å². The molecule has 1 rings (SSSR count). The van der Waals surface area contributed by atoms with Gasteiger partial charge in [-0.2, -0.15) is 0 Å². The van der Waals surface area contributed by atoms with Crippen molar-refractivity contribution >= 4 is 29.2 Å². The first kappa shape index (κ1) is 15.7. The Morgan fingerprint density at radius 3 is 2.50 bits per heavy atom. The van der Waals surface area contributed by atoms with E-state index < -0.39 is 11.9 Å². The summed E-state index contributed by atoms with van der Waals surface area (Å²) in [5, 5.41) is 5.25. The molecule has 0 aliphatic carbocycles. The monoisotopic (exact) mass is 278 g/mol. The van der Waals surface area contributed by atoms with Gasteiger partial charge in [-0.15, -0.1) is 0 Å². The van der Waals surface area contributed by atoms with Gasteiger partial charge in [0.05, 0.1) is 6.61 Å². The quantitative estimate of drug-likeness (QED) is 0.636. The van der Waals surface area contributed by atoms with E-state index in [1.54, 1.807) is 25.1 Å². The highest BCUT2D eigenvalue weighted by molar-refractivity contribution is 6.02. The van der Waals surface area contributed by atoms with Crippen LogP contribution in [0, 0.1) is 6.92 Å². The Balaban J connectivity index is 2.70. The van der Waals surface area contributed by atoms with Gasteiger partial charge in [0.1, 0.15) is 6.42 Å². The summed E-state index contributed by atoms with van der Waals surface area (Å²) in [6.45, 7) is 5.17. The summed E-state index contributed by atoms with van der Waals surface area (Å²) < 4.78 is 4.69. The number of esters is 1. The van der Waals surface area contributed by atoms with Gasteiger partial charge in [0.2, 0.25) is 11.8 Å². The molecule has 6 nitrogen and oxygen atoms in total. The van der Waals surface area contributed by atoms with Crippen LogP contribution in [0.25, 0.3) is 0 Å². The lowest BCUT2D eigenvalue weighted by molar-refractivity contribution is -0.145. The van der Waals surface area contributed by atoms with E-state index in [1.165, 1.54) is 6.92 Å². The third-order valence-electron chi connectivity index (χ3n) is 2.44. The zero-order valence-electron chi connectivity index (χ0n) is 11.8. The summed E-state index contributed by atoms with van der Waals surface area (Å²) in [7, 11) is 0. The number of hydrogen-bond acceptors (Lipinski definition) is 4. The van der Waals surface area contributed by atoms with Gasteiger partial charge in [0.25, 0.3) is 0 Å². The average molecular weight is 278 g/mol. The van der Waals surface area contributed by atoms with Gasteiger partial charge in [0.15, 0.2) is 0 Å². The highest BCUT2D eigenvalue weighted by Gasteiger charge is 2.11. The number of ether oxygens (including phenoxy) is 1. The summed E-state index contributed by atoms with van der Waals surface area (Å²) in [6, 6.07) is 5.11. The molecule has 108 valence electrons. The average Bonchev–Trinajstić information content (AvgIpc) is 2.32. The van der Waals surface area contributed by atoms with Crippen LogP contribution < -0.4 is 10.6 Å². The first-order valence-electron chi connectivity index (χ1n) is 6.26. The van der Waals surface area contributed by atoms with Crippen molar-refractivity contribution in [2.45, 2.75) is 27.2 Å². The molecule has 2 amide bonds. The van der Waals surface area contributed by atoms with Crippen LogP contribution in [-0.4, -0.2) is 24.4 Å².